The summed E-state index contributed by atoms with van der Waals surface area (Å²) in [5.74, 6) is -0.106. The Hall–Kier alpha value is -2.07. The van der Waals surface area contributed by atoms with Gasteiger partial charge in [-0.25, -0.2) is 0 Å². The first-order chi connectivity index (χ1) is 9.25. The molecule has 4 heteroatoms. The summed E-state index contributed by atoms with van der Waals surface area (Å²) in [4.78, 5) is 15.3. The van der Waals surface area contributed by atoms with E-state index in [9.17, 15) is 4.79 Å². The van der Waals surface area contributed by atoms with Crippen LogP contribution in [0.3, 0.4) is 0 Å². The van der Waals surface area contributed by atoms with Gasteiger partial charge in [-0.05, 0) is 46.3 Å². The van der Waals surface area contributed by atoms with Crippen LogP contribution in [0, 0.1) is 0 Å². The van der Waals surface area contributed by atoms with Crippen molar-refractivity contribution in [1.82, 2.24) is 4.98 Å². The average molecular weight is 315 g/mol. The van der Waals surface area contributed by atoms with Crippen LogP contribution in [0.2, 0.25) is 0 Å². The number of aromatic amines is 1. The fraction of sp³-hybridized carbons (Fsp3) is 0. The molecule has 2 N–H and O–H groups in total. The monoisotopic (exact) mass is 314 g/mol. The molecule has 0 aliphatic rings. The average Bonchev–Trinajstić information content (AvgIpc) is 2.93. The molecule has 94 valence electrons. The number of benzene rings is 2. The number of anilines is 1. The third-order valence-electron chi connectivity index (χ3n) is 2.96. The summed E-state index contributed by atoms with van der Waals surface area (Å²) in [6, 6.07) is 14.9. The normalized spacial score (nSPS) is 10.6. The van der Waals surface area contributed by atoms with E-state index in [1.54, 1.807) is 12.1 Å². The van der Waals surface area contributed by atoms with Crippen molar-refractivity contribution >= 4 is 38.4 Å². The molecule has 19 heavy (non-hydrogen) atoms. The van der Waals surface area contributed by atoms with E-state index in [0.29, 0.717) is 5.56 Å². The van der Waals surface area contributed by atoms with E-state index in [2.05, 4.69) is 26.2 Å². The molecule has 0 aliphatic carbocycles. The minimum absolute atomic E-state index is 0.106. The zero-order valence-corrected chi connectivity index (χ0v) is 11.6. The zero-order chi connectivity index (χ0) is 13.2. The predicted octanol–water partition coefficient (Wildman–Crippen LogP) is 4.18. The van der Waals surface area contributed by atoms with Crippen molar-refractivity contribution in [2.24, 2.45) is 0 Å². The van der Waals surface area contributed by atoms with E-state index in [4.69, 9.17) is 0 Å². The van der Waals surface area contributed by atoms with Crippen molar-refractivity contribution in [3.05, 3.63) is 64.8 Å². The Kier molecular flexibility index (Phi) is 3.09. The highest BCUT2D eigenvalue weighted by molar-refractivity contribution is 9.10. The largest absolute Gasteiger partial charge is 0.360 e. The maximum Gasteiger partial charge on any atom is 0.255 e. The molecule has 1 aromatic heterocycles. The van der Waals surface area contributed by atoms with E-state index in [0.717, 1.165) is 21.1 Å². The molecule has 0 bridgehead atoms. The lowest BCUT2D eigenvalue weighted by Crippen LogP contribution is -2.11. The molecular weight excluding hydrogens is 304 g/mol. The van der Waals surface area contributed by atoms with Gasteiger partial charge in [0.15, 0.2) is 0 Å². The Morgan fingerprint density at radius 1 is 1.05 bits per heavy atom. The molecule has 3 nitrogen and oxygen atoms in total. The lowest BCUT2D eigenvalue weighted by Gasteiger charge is -2.07. The molecular formula is C15H11BrN2O. The highest BCUT2D eigenvalue weighted by Crippen LogP contribution is 2.29. The van der Waals surface area contributed by atoms with Gasteiger partial charge in [-0.3, -0.25) is 4.79 Å². The van der Waals surface area contributed by atoms with Crippen LogP contribution in [-0.2, 0) is 0 Å². The van der Waals surface area contributed by atoms with Gasteiger partial charge in [0, 0.05) is 21.6 Å². The number of carbonyl (C=O) groups excluding carboxylic acids is 1. The van der Waals surface area contributed by atoms with E-state index in [1.165, 1.54) is 0 Å². The van der Waals surface area contributed by atoms with Crippen LogP contribution < -0.4 is 5.32 Å². The molecule has 0 atom stereocenters. The van der Waals surface area contributed by atoms with Crippen LogP contribution in [0.5, 0.6) is 0 Å². The summed E-state index contributed by atoms with van der Waals surface area (Å²) in [6.07, 6.45) is 1.85. The van der Waals surface area contributed by atoms with Crippen LogP contribution in [0.4, 0.5) is 5.69 Å². The number of carbonyl (C=O) groups is 1. The molecule has 1 amide bonds. The minimum Gasteiger partial charge on any atom is -0.360 e. The maximum atomic E-state index is 12.1. The molecule has 0 spiro atoms. The van der Waals surface area contributed by atoms with Crippen molar-refractivity contribution < 1.29 is 4.79 Å². The van der Waals surface area contributed by atoms with Gasteiger partial charge in [-0.1, -0.05) is 18.2 Å². The Morgan fingerprint density at radius 3 is 2.63 bits per heavy atom. The smallest absolute Gasteiger partial charge is 0.255 e. The number of amides is 1. The molecule has 0 unspecified atom stereocenters. The second-order valence-electron chi connectivity index (χ2n) is 4.18. The third-order valence-corrected chi connectivity index (χ3v) is 3.62. The Labute approximate surface area is 118 Å². The predicted molar refractivity (Wildman–Crippen MR) is 80.4 cm³/mol. The topological polar surface area (TPSA) is 44.9 Å². The standard InChI is InChI=1S/C15H11BrN2O/c16-12-6-7-13(11-8-9-17-14(11)12)18-15(19)10-4-2-1-3-5-10/h1-9,17H,(H,18,19). The quantitative estimate of drug-likeness (QED) is 0.732. The molecule has 3 rings (SSSR count). The van der Waals surface area contributed by atoms with E-state index >= 15 is 0 Å². The van der Waals surface area contributed by atoms with Crippen LogP contribution in [0.1, 0.15) is 10.4 Å². The summed E-state index contributed by atoms with van der Waals surface area (Å²) >= 11 is 3.48. The number of fused-ring (bicyclic) bond motifs is 1. The molecule has 1 heterocycles. The van der Waals surface area contributed by atoms with Crippen molar-refractivity contribution in [2.75, 3.05) is 5.32 Å². The highest BCUT2D eigenvalue weighted by atomic mass is 79.9. The SMILES string of the molecule is O=C(Nc1ccc(Br)c2[nH]ccc12)c1ccccc1. The summed E-state index contributed by atoms with van der Waals surface area (Å²) in [5.41, 5.74) is 2.42. The summed E-state index contributed by atoms with van der Waals surface area (Å²) < 4.78 is 0.977. The summed E-state index contributed by atoms with van der Waals surface area (Å²) in [7, 11) is 0. The van der Waals surface area contributed by atoms with E-state index in [1.807, 2.05) is 42.6 Å². The van der Waals surface area contributed by atoms with Crippen molar-refractivity contribution in [3.63, 3.8) is 0 Å². The van der Waals surface area contributed by atoms with Gasteiger partial charge in [0.05, 0.1) is 11.2 Å². The molecule has 0 saturated heterocycles. The number of hydrogen-bond acceptors (Lipinski definition) is 1. The first kappa shape index (κ1) is 12.0. The second kappa shape index (κ2) is 4.90. The lowest BCUT2D eigenvalue weighted by atomic mass is 10.2. The first-order valence-electron chi connectivity index (χ1n) is 5.88. The number of H-pyrrole nitrogens is 1. The van der Waals surface area contributed by atoms with Crippen LogP contribution in [0.25, 0.3) is 10.9 Å². The lowest BCUT2D eigenvalue weighted by molar-refractivity contribution is 0.102. The fourth-order valence-electron chi connectivity index (χ4n) is 2.01. The molecule has 0 fully saturated rings. The van der Waals surface area contributed by atoms with Crippen molar-refractivity contribution in [2.45, 2.75) is 0 Å². The Balaban J connectivity index is 1.96. The molecule has 2 aromatic carbocycles. The van der Waals surface area contributed by atoms with Crippen LogP contribution >= 0.6 is 15.9 Å². The van der Waals surface area contributed by atoms with Gasteiger partial charge in [0.25, 0.3) is 5.91 Å². The number of aromatic nitrogens is 1. The number of halogens is 1. The van der Waals surface area contributed by atoms with Crippen LogP contribution in [0.15, 0.2) is 59.2 Å². The fourth-order valence-corrected chi connectivity index (χ4v) is 2.47. The number of hydrogen-bond donors (Lipinski definition) is 2. The van der Waals surface area contributed by atoms with E-state index in [-0.39, 0.29) is 5.91 Å². The first-order valence-corrected chi connectivity index (χ1v) is 6.67. The van der Waals surface area contributed by atoms with Crippen LogP contribution in [-0.4, -0.2) is 10.9 Å². The Bertz CT molecular complexity index is 734. The van der Waals surface area contributed by atoms with Gasteiger partial charge < -0.3 is 10.3 Å². The van der Waals surface area contributed by atoms with Gasteiger partial charge in [-0.15, -0.1) is 0 Å². The van der Waals surface area contributed by atoms with Gasteiger partial charge in [-0.2, -0.15) is 0 Å². The summed E-state index contributed by atoms with van der Waals surface area (Å²) in [6.45, 7) is 0. The molecule has 0 aliphatic heterocycles. The van der Waals surface area contributed by atoms with Gasteiger partial charge >= 0.3 is 0 Å². The van der Waals surface area contributed by atoms with Crippen molar-refractivity contribution in [1.29, 1.82) is 0 Å². The number of rotatable bonds is 2. The van der Waals surface area contributed by atoms with E-state index < -0.39 is 0 Å². The molecule has 3 aromatic rings. The summed E-state index contributed by atoms with van der Waals surface area (Å²) in [5, 5.41) is 3.92. The third kappa shape index (κ3) is 2.27. The highest BCUT2D eigenvalue weighted by Gasteiger charge is 2.09. The second-order valence-corrected chi connectivity index (χ2v) is 5.04. The van der Waals surface area contributed by atoms with Gasteiger partial charge in [0.2, 0.25) is 0 Å². The Morgan fingerprint density at radius 2 is 1.84 bits per heavy atom. The zero-order valence-electron chi connectivity index (χ0n) is 9.98. The van der Waals surface area contributed by atoms with Crippen molar-refractivity contribution in [3.8, 4) is 0 Å². The number of nitrogens with one attached hydrogen (secondary N) is 2. The maximum absolute atomic E-state index is 12.1. The minimum atomic E-state index is -0.106. The molecule has 0 saturated carbocycles. The molecule has 0 radical (unpaired) electrons. The van der Waals surface area contributed by atoms with Gasteiger partial charge in [0.1, 0.15) is 0 Å².